The Labute approximate surface area is 174 Å². The van der Waals surface area contributed by atoms with E-state index in [1.54, 1.807) is 0 Å². The van der Waals surface area contributed by atoms with Gasteiger partial charge in [0, 0.05) is 25.3 Å². The van der Waals surface area contributed by atoms with E-state index in [2.05, 4.69) is 5.32 Å². The zero-order valence-electron chi connectivity index (χ0n) is 17.5. The highest BCUT2D eigenvalue weighted by Crippen LogP contribution is 2.25. The van der Waals surface area contributed by atoms with Crippen LogP contribution in [0.5, 0.6) is 0 Å². The molecule has 1 aliphatic heterocycles. The van der Waals surface area contributed by atoms with E-state index in [-0.39, 0.29) is 48.9 Å². The van der Waals surface area contributed by atoms with Gasteiger partial charge in [0.1, 0.15) is 18.5 Å². The number of benzene rings is 1. The molecule has 30 heavy (non-hydrogen) atoms. The van der Waals surface area contributed by atoms with Gasteiger partial charge in [0.05, 0.1) is 18.8 Å². The fraction of sp³-hybridized carbons (Fsp3) is 0.600. The maximum Gasteiger partial charge on any atom is 0.253 e. The predicted molar refractivity (Wildman–Crippen MR) is 108 cm³/mol. The standard InChI is InChI=1S/C20H29F3N4O3/c1-20(2,3)12-26(10-17(22)23)16(9-24)19(29)25-13-4-5-15(14(21)8-13)27-6-7-30-11-18(27)28/h4-5,8,16-17H,6-7,9-12,24H2,1-3H3,(H,25,29)/t16-/m0/s1. The van der Waals surface area contributed by atoms with Gasteiger partial charge in [-0.15, -0.1) is 0 Å². The summed E-state index contributed by atoms with van der Waals surface area (Å²) >= 11 is 0. The van der Waals surface area contributed by atoms with Crippen molar-refractivity contribution < 1.29 is 27.5 Å². The summed E-state index contributed by atoms with van der Waals surface area (Å²) in [5.74, 6) is -1.64. The van der Waals surface area contributed by atoms with Crippen LogP contribution in [0.2, 0.25) is 0 Å². The van der Waals surface area contributed by atoms with E-state index in [9.17, 15) is 22.8 Å². The van der Waals surface area contributed by atoms with Crippen molar-refractivity contribution in [2.24, 2.45) is 11.1 Å². The Morgan fingerprint density at radius 1 is 1.37 bits per heavy atom. The summed E-state index contributed by atoms with van der Waals surface area (Å²) in [5.41, 5.74) is 5.61. The summed E-state index contributed by atoms with van der Waals surface area (Å²) in [6.07, 6.45) is -2.63. The molecule has 0 spiro atoms. The quantitative estimate of drug-likeness (QED) is 0.659. The van der Waals surface area contributed by atoms with Crippen molar-refractivity contribution in [2.45, 2.75) is 33.2 Å². The molecule has 1 saturated heterocycles. The zero-order valence-corrected chi connectivity index (χ0v) is 17.5. The van der Waals surface area contributed by atoms with E-state index >= 15 is 0 Å². The second-order valence-corrected chi connectivity index (χ2v) is 8.39. The first-order valence-corrected chi connectivity index (χ1v) is 9.72. The fourth-order valence-corrected chi connectivity index (χ4v) is 3.31. The van der Waals surface area contributed by atoms with Gasteiger partial charge in [-0.1, -0.05) is 20.8 Å². The molecule has 3 N–H and O–H groups in total. The second-order valence-electron chi connectivity index (χ2n) is 8.39. The zero-order chi connectivity index (χ0) is 22.5. The normalized spacial score (nSPS) is 16.3. The SMILES string of the molecule is CC(C)(C)CN(CC(F)F)[C@@H](CN)C(=O)Nc1ccc(N2CCOCC2=O)c(F)c1. The van der Waals surface area contributed by atoms with E-state index in [1.165, 1.54) is 21.9 Å². The number of rotatable bonds is 8. The monoisotopic (exact) mass is 430 g/mol. The Hall–Kier alpha value is -2.17. The van der Waals surface area contributed by atoms with E-state index < -0.39 is 30.7 Å². The molecule has 168 valence electrons. The number of nitrogens with two attached hydrogens (primary N) is 1. The molecule has 0 radical (unpaired) electrons. The van der Waals surface area contributed by atoms with Gasteiger partial charge in [0.15, 0.2) is 0 Å². The molecule has 2 rings (SSSR count). The summed E-state index contributed by atoms with van der Waals surface area (Å²) in [6.45, 7) is 5.50. The highest BCUT2D eigenvalue weighted by molar-refractivity contribution is 5.97. The number of halogens is 3. The first-order valence-electron chi connectivity index (χ1n) is 9.72. The molecule has 1 aliphatic rings. The third-order valence-electron chi connectivity index (χ3n) is 4.51. The van der Waals surface area contributed by atoms with Gasteiger partial charge in [0.2, 0.25) is 5.91 Å². The first kappa shape index (κ1) is 24.1. The molecule has 1 fully saturated rings. The van der Waals surface area contributed by atoms with Gasteiger partial charge in [-0.25, -0.2) is 13.2 Å². The van der Waals surface area contributed by atoms with E-state index in [0.29, 0.717) is 6.61 Å². The Bertz CT molecular complexity index is 755. The molecule has 2 amide bonds. The number of amides is 2. The Morgan fingerprint density at radius 3 is 2.60 bits per heavy atom. The molecule has 1 heterocycles. The van der Waals surface area contributed by atoms with Crippen molar-refractivity contribution in [3.63, 3.8) is 0 Å². The number of morpholine rings is 1. The van der Waals surface area contributed by atoms with E-state index in [0.717, 1.165) is 6.07 Å². The van der Waals surface area contributed by atoms with Gasteiger partial charge in [-0.2, -0.15) is 0 Å². The summed E-state index contributed by atoms with van der Waals surface area (Å²) in [5, 5.41) is 2.54. The maximum atomic E-state index is 14.6. The lowest BCUT2D eigenvalue weighted by molar-refractivity contribution is -0.126. The van der Waals surface area contributed by atoms with Crippen molar-refractivity contribution in [3.8, 4) is 0 Å². The lowest BCUT2D eigenvalue weighted by atomic mass is 9.95. The third-order valence-corrected chi connectivity index (χ3v) is 4.51. The number of nitrogens with zero attached hydrogens (tertiary/aromatic N) is 2. The van der Waals surface area contributed by atoms with Crippen LogP contribution in [0, 0.1) is 11.2 Å². The van der Waals surface area contributed by atoms with Crippen LogP contribution in [-0.4, -0.2) is 68.6 Å². The van der Waals surface area contributed by atoms with Gasteiger partial charge in [0.25, 0.3) is 12.3 Å². The molecule has 0 bridgehead atoms. The van der Waals surface area contributed by atoms with Crippen molar-refractivity contribution in [3.05, 3.63) is 24.0 Å². The molecular formula is C20H29F3N4O3. The van der Waals surface area contributed by atoms with Crippen LogP contribution in [0.25, 0.3) is 0 Å². The summed E-state index contributed by atoms with van der Waals surface area (Å²) in [6, 6.07) is 2.93. The predicted octanol–water partition coefficient (Wildman–Crippen LogP) is 2.07. The lowest BCUT2D eigenvalue weighted by Crippen LogP contribution is -2.52. The fourth-order valence-electron chi connectivity index (χ4n) is 3.31. The number of hydrogen-bond donors (Lipinski definition) is 2. The van der Waals surface area contributed by atoms with Crippen LogP contribution in [0.4, 0.5) is 24.5 Å². The van der Waals surface area contributed by atoms with Gasteiger partial charge in [-0.05, 0) is 23.6 Å². The summed E-state index contributed by atoms with van der Waals surface area (Å²) in [4.78, 5) is 27.2. The van der Waals surface area contributed by atoms with Crippen LogP contribution < -0.4 is 16.0 Å². The number of carbonyl (C=O) groups excluding carboxylic acids is 2. The smallest absolute Gasteiger partial charge is 0.253 e. The van der Waals surface area contributed by atoms with E-state index in [1.807, 2.05) is 20.8 Å². The van der Waals surface area contributed by atoms with Crippen molar-refractivity contribution >= 4 is 23.2 Å². The van der Waals surface area contributed by atoms with Crippen LogP contribution in [0.15, 0.2) is 18.2 Å². The van der Waals surface area contributed by atoms with Gasteiger partial charge >= 0.3 is 0 Å². The molecule has 1 atom stereocenters. The Morgan fingerprint density at radius 2 is 2.07 bits per heavy atom. The number of ether oxygens (including phenoxy) is 1. The van der Waals surface area contributed by atoms with Crippen molar-refractivity contribution in [1.82, 2.24) is 4.90 Å². The minimum Gasteiger partial charge on any atom is -0.370 e. The van der Waals surface area contributed by atoms with Crippen LogP contribution in [-0.2, 0) is 14.3 Å². The average molecular weight is 430 g/mol. The largest absolute Gasteiger partial charge is 0.370 e. The molecule has 7 nitrogen and oxygen atoms in total. The number of alkyl halides is 2. The highest BCUT2D eigenvalue weighted by atomic mass is 19.3. The number of carbonyl (C=O) groups is 2. The lowest BCUT2D eigenvalue weighted by Gasteiger charge is -2.34. The molecule has 0 unspecified atom stereocenters. The first-order chi connectivity index (χ1) is 14.0. The molecule has 0 saturated carbocycles. The second kappa shape index (κ2) is 10.2. The minimum atomic E-state index is -2.63. The van der Waals surface area contributed by atoms with Crippen LogP contribution in [0.3, 0.4) is 0 Å². The van der Waals surface area contributed by atoms with Crippen LogP contribution in [0.1, 0.15) is 20.8 Å². The summed E-state index contributed by atoms with van der Waals surface area (Å²) in [7, 11) is 0. The molecular weight excluding hydrogens is 401 g/mol. The highest BCUT2D eigenvalue weighted by Gasteiger charge is 2.30. The minimum absolute atomic E-state index is 0.0868. The van der Waals surface area contributed by atoms with Crippen molar-refractivity contribution in [2.75, 3.05) is 49.6 Å². The van der Waals surface area contributed by atoms with Gasteiger partial charge in [-0.3, -0.25) is 14.5 Å². The number of hydrogen-bond acceptors (Lipinski definition) is 5. The third kappa shape index (κ3) is 6.68. The number of nitrogens with one attached hydrogen (secondary N) is 1. The van der Waals surface area contributed by atoms with Gasteiger partial charge < -0.3 is 20.7 Å². The molecule has 0 aliphatic carbocycles. The molecule has 1 aromatic rings. The molecule has 0 aromatic heterocycles. The number of anilines is 2. The molecule has 1 aromatic carbocycles. The Balaban J connectivity index is 2.15. The van der Waals surface area contributed by atoms with E-state index in [4.69, 9.17) is 10.5 Å². The summed E-state index contributed by atoms with van der Waals surface area (Å²) < 4.78 is 45.7. The topological polar surface area (TPSA) is 87.9 Å². The Kier molecular flexibility index (Phi) is 8.22. The van der Waals surface area contributed by atoms with Crippen LogP contribution >= 0.6 is 0 Å². The average Bonchev–Trinajstić information content (AvgIpc) is 2.61. The van der Waals surface area contributed by atoms with Crippen molar-refractivity contribution in [1.29, 1.82) is 0 Å². The molecule has 10 heteroatoms. The maximum absolute atomic E-state index is 14.6.